The fourth-order valence-electron chi connectivity index (χ4n) is 2.60. The smallest absolute Gasteiger partial charge is 0.107 e. The Balaban J connectivity index is 1.83. The minimum absolute atomic E-state index is 0.170. The standard InChI is InChI=1S/C15H27N3S/c1-6-16-9-15(5)10-18(11-15)7-13-17-12(8-19-13)14(2,3)4/h8,16H,6-7,9-11H2,1-5H3. The number of nitrogens with zero attached hydrogens (tertiary/aromatic N) is 2. The van der Waals surface area contributed by atoms with Gasteiger partial charge in [-0.15, -0.1) is 11.3 Å². The molecule has 1 saturated heterocycles. The van der Waals surface area contributed by atoms with Crippen molar-refractivity contribution in [3.63, 3.8) is 0 Å². The molecule has 1 fully saturated rings. The van der Waals surface area contributed by atoms with Crippen molar-refractivity contribution in [2.75, 3.05) is 26.2 Å². The number of aromatic nitrogens is 1. The van der Waals surface area contributed by atoms with E-state index < -0.39 is 0 Å². The number of rotatable bonds is 5. The van der Waals surface area contributed by atoms with Crippen LogP contribution < -0.4 is 5.32 Å². The third-order valence-electron chi connectivity index (χ3n) is 3.69. The second-order valence-corrected chi connectivity index (χ2v) is 8.06. The van der Waals surface area contributed by atoms with Crippen LogP contribution in [0.2, 0.25) is 0 Å². The van der Waals surface area contributed by atoms with Gasteiger partial charge < -0.3 is 5.32 Å². The first-order valence-electron chi connectivity index (χ1n) is 7.20. The van der Waals surface area contributed by atoms with Gasteiger partial charge in [0.25, 0.3) is 0 Å². The summed E-state index contributed by atoms with van der Waals surface area (Å²) in [4.78, 5) is 7.28. The van der Waals surface area contributed by atoms with Crippen LogP contribution in [-0.4, -0.2) is 36.1 Å². The first-order chi connectivity index (χ1) is 8.82. The van der Waals surface area contributed by atoms with Crippen LogP contribution in [-0.2, 0) is 12.0 Å². The fourth-order valence-corrected chi connectivity index (χ4v) is 3.67. The van der Waals surface area contributed by atoms with Gasteiger partial charge in [-0.25, -0.2) is 4.98 Å². The van der Waals surface area contributed by atoms with Crippen molar-refractivity contribution in [3.8, 4) is 0 Å². The maximum atomic E-state index is 4.77. The van der Waals surface area contributed by atoms with E-state index in [4.69, 9.17) is 4.98 Å². The minimum Gasteiger partial charge on any atom is -0.316 e. The molecule has 0 aliphatic carbocycles. The molecule has 0 radical (unpaired) electrons. The zero-order valence-electron chi connectivity index (χ0n) is 12.9. The SMILES string of the molecule is CCNCC1(C)CN(Cc2nc(C(C)(C)C)cs2)C1. The van der Waals surface area contributed by atoms with Gasteiger partial charge in [-0.1, -0.05) is 34.6 Å². The van der Waals surface area contributed by atoms with E-state index >= 15 is 0 Å². The van der Waals surface area contributed by atoms with Gasteiger partial charge in [0, 0.05) is 35.8 Å². The predicted octanol–water partition coefficient (Wildman–Crippen LogP) is 2.87. The van der Waals surface area contributed by atoms with E-state index in [2.05, 4.69) is 50.2 Å². The predicted molar refractivity (Wildman–Crippen MR) is 82.7 cm³/mol. The summed E-state index contributed by atoms with van der Waals surface area (Å²) in [5, 5.41) is 6.93. The monoisotopic (exact) mass is 281 g/mol. The summed E-state index contributed by atoms with van der Waals surface area (Å²) in [6, 6.07) is 0. The van der Waals surface area contributed by atoms with Crippen LogP contribution >= 0.6 is 11.3 Å². The van der Waals surface area contributed by atoms with Gasteiger partial charge in [0.1, 0.15) is 5.01 Å². The molecule has 0 spiro atoms. The van der Waals surface area contributed by atoms with E-state index in [0.717, 1.165) is 19.6 Å². The Labute approximate surface area is 121 Å². The molecule has 0 unspecified atom stereocenters. The molecule has 2 rings (SSSR count). The van der Waals surface area contributed by atoms with Crippen LogP contribution in [0.25, 0.3) is 0 Å². The number of hydrogen-bond acceptors (Lipinski definition) is 4. The molecule has 3 nitrogen and oxygen atoms in total. The largest absolute Gasteiger partial charge is 0.316 e. The quantitative estimate of drug-likeness (QED) is 0.899. The van der Waals surface area contributed by atoms with Gasteiger partial charge >= 0.3 is 0 Å². The molecule has 1 aromatic heterocycles. The summed E-state index contributed by atoms with van der Waals surface area (Å²) in [5.74, 6) is 0. The van der Waals surface area contributed by atoms with Gasteiger partial charge in [-0.3, -0.25) is 4.90 Å². The fraction of sp³-hybridized carbons (Fsp3) is 0.800. The lowest BCUT2D eigenvalue weighted by molar-refractivity contribution is 0.0100. The zero-order valence-corrected chi connectivity index (χ0v) is 13.7. The van der Waals surface area contributed by atoms with Crippen molar-refractivity contribution >= 4 is 11.3 Å². The van der Waals surface area contributed by atoms with E-state index in [0.29, 0.717) is 5.41 Å². The van der Waals surface area contributed by atoms with E-state index in [1.165, 1.54) is 23.8 Å². The van der Waals surface area contributed by atoms with Crippen LogP contribution in [0.5, 0.6) is 0 Å². The Morgan fingerprint density at radius 3 is 2.63 bits per heavy atom. The van der Waals surface area contributed by atoms with Gasteiger partial charge in [0.2, 0.25) is 0 Å². The summed E-state index contributed by atoms with van der Waals surface area (Å²) in [5.41, 5.74) is 1.85. The van der Waals surface area contributed by atoms with Crippen LogP contribution in [0.15, 0.2) is 5.38 Å². The van der Waals surface area contributed by atoms with Gasteiger partial charge in [-0.05, 0) is 6.54 Å². The van der Waals surface area contributed by atoms with Gasteiger partial charge in [0.05, 0.1) is 12.2 Å². The molecule has 0 aromatic carbocycles. The summed E-state index contributed by atoms with van der Waals surface area (Å²) in [7, 11) is 0. The first kappa shape index (κ1) is 14.9. The molecule has 0 atom stereocenters. The van der Waals surface area contributed by atoms with Crippen molar-refractivity contribution in [3.05, 3.63) is 16.1 Å². The third-order valence-corrected chi connectivity index (χ3v) is 4.53. The Morgan fingerprint density at radius 1 is 1.42 bits per heavy atom. The van der Waals surface area contributed by atoms with Crippen LogP contribution in [0.3, 0.4) is 0 Å². The molecule has 1 N–H and O–H groups in total. The normalized spacial score (nSPS) is 19.4. The molecule has 0 bridgehead atoms. The van der Waals surface area contributed by atoms with Gasteiger partial charge in [-0.2, -0.15) is 0 Å². The molecule has 1 aliphatic rings. The average Bonchev–Trinajstić information content (AvgIpc) is 2.72. The molecule has 2 heterocycles. The Hall–Kier alpha value is -0.450. The van der Waals surface area contributed by atoms with Crippen LogP contribution in [0.4, 0.5) is 0 Å². The highest BCUT2D eigenvalue weighted by molar-refractivity contribution is 7.09. The van der Waals surface area contributed by atoms with E-state index in [9.17, 15) is 0 Å². The van der Waals surface area contributed by atoms with E-state index in [1.807, 2.05) is 0 Å². The number of nitrogens with one attached hydrogen (secondary N) is 1. The molecular formula is C15H27N3S. The van der Waals surface area contributed by atoms with Crippen molar-refractivity contribution in [1.29, 1.82) is 0 Å². The summed E-state index contributed by atoms with van der Waals surface area (Å²) in [6.07, 6.45) is 0. The molecule has 1 aromatic rings. The maximum Gasteiger partial charge on any atom is 0.107 e. The molecule has 4 heteroatoms. The first-order valence-corrected chi connectivity index (χ1v) is 8.08. The highest BCUT2D eigenvalue weighted by Gasteiger charge is 2.38. The van der Waals surface area contributed by atoms with Crippen LogP contribution in [0.1, 0.15) is 45.3 Å². The Kier molecular flexibility index (Phi) is 4.33. The van der Waals surface area contributed by atoms with Crippen molar-refractivity contribution < 1.29 is 0 Å². The third kappa shape index (κ3) is 3.77. The lowest BCUT2D eigenvalue weighted by Crippen LogP contribution is -2.58. The minimum atomic E-state index is 0.170. The summed E-state index contributed by atoms with van der Waals surface area (Å²) < 4.78 is 0. The second-order valence-electron chi connectivity index (χ2n) is 7.11. The number of hydrogen-bond donors (Lipinski definition) is 1. The lowest BCUT2D eigenvalue weighted by atomic mass is 9.82. The highest BCUT2D eigenvalue weighted by Crippen LogP contribution is 2.31. The molecule has 0 amide bonds. The summed E-state index contributed by atoms with van der Waals surface area (Å²) >= 11 is 1.80. The second kappa shape index (κ2) is 5.51. The molecule has 1 aliphatic heterocycles. The maximum absolute atomic E-state index is 4.77. The van der Waals surface area contributed by atoms with Crippen molar-refractivity contribution in [1.82, 2.24) is 15.2 Å². The van der Waals surface area contributed by atoms with E-state index in [-0.39, 0.29) is 5.41 Å². The molecule has 0 saturated carbocycles. The molecule has 19 heavy (non-hydrogen) atoms. The number of likely N-dealkylation sites (tertiary alicyclic amines) is 1. The Morgan fingerprint density at radius 2 is 2.11 bits per heavy atom. The van der Waals surface area contributed by atoms with Crippen LogP contribution in [0, 0.1) is 5.41 Å². The molecular weight excluding hydrogens is 254 g/mol. The van der Waals surface area contributed by atoms with Crippen molar-refractivity contribution in [2.45, 2.75) is 46.6 Å². The van der Waals surface area contributed by atoms with Crippen molar-refractivity contribution in [2.24, 2.45) is 5.41 Å². The highest BCUT2D eigenvalue weighted by atomic mass is 32.1. The lowest BCUT2D eigenvalue weighted by Gasteiger charge is -2.48. The Bertz CT molecular complexity index is 413. The topological polar surface area (TPSA) is 28.2 Å². The number of thiazole rings is 1. The van der Waals surface area contributed by atoms with E-state index in [1.54, 1.807) is 11.3 Å². The zero-order chi connectivity index (χ0) is 14.1. The summed E-state index contributed by atoms with van der Waals surface area (Å²) in [6.45, 7) is 16.8. The molecule has 108 valence electrons. The average molecular weight is 281 g/mol. The van der Waals surface area contributed by atoms with Gasteiger partial charge in [0.15, 0.2) is 0 Å².